The van der Waals surface area contributed by atoms with Gasteiger partial charge in [-0.15, -0.1) is 0 Å². The fourth-order valence-electron chi connectivity index (χ4n) is 2.24. The largest absolute Gasteiger partial charge is 0.380 e. The minimum absolute atomic E-state index is 0.270. The Balaban J connectivity index is 2.12. The lowest BCUT2D eigenvalue weighted by atomic mass is 9.91. The Morgan fingerprint density at radius 3 is 2.35 bits per heavy atom. The van der Waals surface area contributed by atoms with E-state index in [-0.39, 0.29) is 6.04 Å². The first-order valence-electron chi connectivity index (χ1n) is 5.73. The monoisotopic (exact) mass is 292 g/mol. The Morgan fingerprint density at radius 2 is 1.76 bits per heavy atom. The van der Waals surface area contributed by atoms with Crippen molar-refractivity contribution in [2.24, 2.45) is 5.73 Å². The molecule has 2 rings (SSSR count). The van der Waals surface area contributed by atoms with Gasteiger partial charge >= 0.3 is 0 Å². The number of nitrogens with two attached hydrogens (primary N) is 1. The molecule has 1 aliphatic rings. The van der Waals surface area contributed by atoms with Crippen molar-refractivity contribution in [3.8, 4) is 0 Å². The van der Waals surface area contributed by atoms with Gasteiger partial charge in [-0.1, -0.05) is 34.8 Å². The fraction of sp³-hybridized carbons (Fsp3) is 0.500. The molecular weight excluding hydrogens is 279 g/mol. The van der Waals surface area contributed by atoms with E-state index >= 15 is 0 Å². The molecule has 94 valence electrons. The summed E-state index contributed by atoms with van der Waals surface area (Å²) in [6.45, 7) is 0. The number of hydrogen-bond donors (Lipinski definition) is 2. The second kappa shape index (κ2) is 5.66. The number of benzene rings is 1. The van der Waals surface area contributed by atoms with Gasteiger partial charge in [0.2, 0.25) is 0 Å². The maximum Gasteiger partial charge on any atom is 0.0722 e. The van der Waals surface area contributed by atoms with Crippen LogP contribution in [0.25, 0.3) is 0 Å². The van der Waals surface area contributed by atoms with Gasteiger partial charge in [-0.05, 0) is 37.8 Å². The SMILES string of the molecule is NC1CCCC(Nc2c(Cl)cc(Cl)cc2Cl)C1. The van der Waals surface area contributed by atoms with Crippen LogP contribution in [-0.2, 0) is 0 Å². The van der Waals surface area contributed by atoms with Gasteiger partial charge in [-0.25, -0.2) is 0 Å². The Morgan fingerprint density at radius 1 is 1.12 bits per heavy atom. The van der Waals surface area contributed by atoms with E-state index in [4.69, 9.17) is 40.5 Å². The summed E-state index contributed by atoms with van der Waals surface area (Å²) in [5.41, 5.74) is 6.71. The van der Waals surface area contributed by atoms with Crippen LogP contribution in [0.4, 0.5) is 5.69 Å². The van der Waals surface area contributed by atoms with Crippen molar-refractivity contribution in [1.29, 1.82) is 0 Å². The molecule has 0 aromatic heterocycles. The van der Waals surface area contributed by atoms with Gasteiger partial charge < -0.3 is 11.1 Å². The lowest BCUT2D eigenvalue weighted by Crippen LogP contribution is -2.35. The molecule has 1 fully saturated rings. The molecule has 5 heteroatoms. The third-order valence-electron chi connectivity index (χ3n) is 3.07. The lowest BCUT2D eigenvalue weighted by molar-refractivity contribution is 0.409. The summed E-state index contributed by atoms with van der Waals surface area (Å²) in [7, 11) is 0. The molecule has 0 aliphatic heterocycles. The fourth-order valence-corrected chi connectivity index (χ4v) is 3.17. The maximum atomic E-state index is 6.13. The Hall–Kier alpha value is -0.150. The topological polar surface area (TPSA) is 38.0 Å². The molecule has 0 bridgehead atoms. The van der Waals surface area contributed by atoms with Crippen molar-refractivity contribution in [3.63, 3.8) is 0 Å². The zero-order chi connectivity index (χ0) is 12.4. The average Bonchev–Trinajstić information content (AvgIpc) is 2.23. The molecule has 2 atom stereocenters. The Kier molecular flexibility index (Phi) is 4.42. The van der Waals surface area contributed by atoms with Crippen LogP contribution in [0.5, 0.6) is 0 Å². The van der Waals surface area contributed by atoms with Crippen LogP contribution >= 0.6 is 34.8 Å². The van der Waals surface area contributed by atoms with Crippen molar-refractivity contribution in [2.75, 3.05) is 5.32 Å². The maximum absolute atomic E-state index is 6.13. The summed E-state index contributed by atoms with van der Waals surface area (Å²) in [5.74, 6) is 0. The predicted octanol–water partition coefficient (Wildman–Crippen LogP) is 4.33. The minimum Gasteiger partial charge on any atom is -0.380 e. The number of rotatable bonds is 2. The zero-order valence-electron chi connectivity index (χ0n) is 9.35. The third-order valence-corrected chi connectivity index (χ3v) is 3.88. The quantitative estimate of drug-likeness (QED) is 0.852. The number of hydrogen-bond acceptors (Lipinski definition) is 2. The van der Waals surface area contributed by atoms with E-state index < -0.39 is 0 Å². The highest BCUT2D eigenvalue weighted by Gasteiger charge is 2.20. The van der Waals surface area contributed by atoms with Crippen LogP contribution < -0.4 is 11.1 Å². The second-order valence-corrected chi connectivity index (χ2v) is 5.76. The van der Waals surface area contributed by atoms with Gasteiger partial charge in [-0.3, -0.25) is 0 Å². The molecule has 0 radical (unpaired) electrons. The van der Waals surface area contributed by atoms with Gasteiger partial charge in [0.05, 0.1) is 15.7 Å². The summed E-state index contributed by atoms with van der Waals surface area (Å²) in [5, 5.41) is 5.03. The molecule has 1 aromatic rings. The second-order valence-electron chi connectivity index (χ2n) is 4.51. The smallest absolute Gasteiger partial charge is 0.0722 e. The van der Waals surface area contributed by atoms with Crippen LogP contribution in [-0.4, -0.2) is 12.1 Å². The van der Waals surface area contributed by atoms with E-state index in [9.17, 15) is 0 Å². The highest BCUT2D eigenvalue weighted by atomic mass is 35.5. The summed E-state index contributed by atoms with van der Waals surface area (Å²) >= 11 is 18.1. The first kappa shape index (κ1) is 13.3. The lowest BCUT2D eigenvalue weighted by Gasteiger charge is -2.28. The first-order valence-corrected chi connectivity index (χ1v) is 6.86. The van der Waals surface area contributed by atoms with Crippen LogP contribution in [0.15, 0.2) is 12.1 Å². The number of anilines is 1. The first-order chi connectivity index (χ1) is 8.06. The van der Waals surface area contributed by atoms with E-state index in [2.05, 4.69) is 5.32 Å². The van der Waals surface area contributed by atoms with E-state index in [1.54, 1.807) is 12.1 Å². The number of halogens is 3. The molecule has 0 amide bonds. The Bertz CT molecular complexity index is 386. The third kappa shape index (κ3) is 3.41. The molecular formula is C12H15Cl3N2. The number of nitrogens with one attached hydrogen (secondary N) is 1. The van der Waals surface area contributed by atoms with Gasteiger partial charge in [0.25, 0.3) is 0 Å². The zero-order valence-corrected chi connectivity index (χ0v) is 11.6. The van der Waals surface area contributed by atoms with E-state index in [0.717, 1.165) is 31.4 Å². The van der Waals surface area contributed by atoms with Gasteiger partial charge in [0.15, 0.2) is 0 Å². The highest BCUT2D eigenvalue weighted by Crippen LogP contribution is 2.35. The normalized spacial score (nSPS) is 24.7. The van der Waals surface area contributed by atoms with Crippen molar-refractivity contribution in [3.05, 3.63) is 27.2 Å². The van der Waals surface area contributed by atoms with Crippen LogP contribution in [0.2, 0.25) is 15.1 Å². The minimum atomic E-state index is 0.270. The van der Waals surface area contributed by atoms with Gasteiger partial charge in [0, 0.05) is 17.1 Å². The molecule has 17 heavy (non-hydrogen) atoms. The van der Waals surface area contributed by atoms with Crippen LogP contribution in [0, 0.1) is 0 Å². The molecule has 1 aliphatic carbocycles. The van der Waals surface area contributed by atoms with Crippen molar-refractivity contribution >= 4 is 40.5 Å². The average molecular weight is 294 g/mol. The van der Waals surface area contributed by atoms with E-state index in [1.165, 1.54) is 0 Å². The molecule has 2 nitrogen and oxygen atoms in total. The van der Waals surface area contributed by atoms with Gasteiger partial charge in [-0.2, -0.15) is 0 Å². The van der Waals surface area contributed by atoms with Crippen molar-refractivity contribution < 1.29 is 0 Å². The summed E-state index contributed by atoms with van der Waals surface area (Å²) in [6, 6.07) is 4.00. The summed E-state index contributed by atoms with van der Waals surface area (Å²) < 4.78 is 0. The van der Waals surface area contributed by atoms with Crippen LogP contribution in [0.3, 0.4) is 0 Å². The molecule has 2 unspecified atom stereocenters. The molecule has 0 saturated heterocycles. The standard InChI is InChI=1S/C12H15Cl3N2/c13-7-4-10(14)12(11(15)5-7)17-9-3-1-2-8(16)6-9/h4-5,8-9,17H,1-3,6,16H2. The molecule has 0 heterocycles. The van der Waals surface area contributed by atoms with Gasteiger partial charge in [0.1, 0.15) is 0 Å². The summed E-state index contributed by atoms with van der Waals surface area (Å²) in [4.78, 5) is 0. The Labute approximate surface area is 116 Å². The molecule has 3 N–H and O–H groups in total. The predicted molar refractivity (Wildman–Crippen MR) is 75.3 cm³/mol. The highest BCUT2D eigenvalue weighted by molar-refractivity contribution is 6.41. The molecule has 0 spiro atoms. The van der Waals surface area contributed by atoms with E-state index in [0.29, 0.717) is 21.1 Å². The van der Waals surface area contributed by atoms with Crippen molar-refractivity contribution in [1.82, 2.24) is 0 Å². The summed E-state index contributed by atoms with van der Waals surface area (Å²) in [6.07, 6.45) is 4.29. The van der Waals surface area contributed by atoms with Crippen LogP contribution in [0.1, 0.15) is 25.7 Å². The molecule has 1 saturated carbocycles. The van der Waals surface area contributed by atoms with E-state index in [1.807, 2.05) is 0 Å². The molecule has 1 aromatic carbocycles. The van der Waals surface area contributed by atoms with Crippen molar-refractivity contribution in [2.45, 2.75) is 37.8 Å².